The van der Waals surface area contributed by atoms with E-state index in [2.05, 4.69) is 52.2 Å². The molecule has 0 aliphatic carbocycles. The van der Waals surface area contributed by atoms with Crippen molar-refractivity contribution in [2.75, 3.05) is 64.4 Å². The summed E-state index contributed by atoms with van der Waals surface area (Å²) in [5.41, 5.74) is 2.40. The fourth-order valence-corrected chi connectivity index (χ4v) is 3.46. The van der Waals surface area contributed by atoms with Crippen LogP contribution in [0.15, 0.2) is 24.3 Å². The maximum Gasteiger partial charge on any atom is 0.250 e. The number of anilines is 1. The number of para-hydroxylation sites is 1. The summed E-state index contributed by atoms with van der Waals surface area (Å²) < 4.78 is 5.65. The van der Waals surface area contributed by atoms with Gasteiger partial charge in [0.1, 0.15) is 6.10 Å². The molecule has 1 aromatic rings. The van der Waals surface area contributed by atoms with Gasteiger partial charge in [0.15, 0.2) is 0 Å². The number of nitrogens with zero attached hydrogens (tertiary/aromatic N) is 3. The van der Waals surface area contributed by atoms with E-state index in [1.807, 2.05) is 6.07 Å². The molecule has 1 atom stereocenters. The van der Waals surface area contributed by atoms with Crippen molar-refractivity contribution in [3.63, 3.8) is 0 Å². The van der Waals surface area contributed by atoms with Crippen LogP contribution in [0.1, 0.15) is 12.5 Å². The van der Waals surface area contributed by atoms with E-state index in [0.29, 0.717) is 19.7 Å². The molecule has 0 aromatic heterocycles. The fraction of sp³-hybridized carbons (Fsp3) is 0.632. The molecule has 2 fully saturated rings. The van der Waals surface area contributed by atoms with E-state index in [9.17, 15) is 4.79 Å². The molecule has 6 heteroatoms. The third-order valence-electron chi connectivity index (χ3n) is 5.18. The van der Waals surface area contributed by atoms with Crippen molar-refractivity contribution >= 4 is 11.6 Å². The maximum atomic E-state index is 12.5. The lowest BCUT2D eigenvalue weighted by atomic mass is 10.1. The molecule has 3 rings (SSSR count). The van der Waals surface area contributed by atoms with Gasteiger partial charge in [0.25, 0.3) is 5.91 Å². The average Bonchev–Trinajstić information content (AvgIpc) is 2.67. The number of likely N-dealkylation sites (N-methyl/N-ethyl adjacent to an activating group) is 2. The van der Waals surface area contributed by atoms with E-state index in [-0.39, 0.29) is 12.0 Å². The van der Waals surface area contributed by atoms with E-state index in [0.717, 1.165) is 39.3 Å². The Balaban J connectivity index is 1.58. The van der Waals surface area contributed by atoms with Gasteiger partial charge in [-0.3, -0.25) is 9.69 Å². The molecule has 2 heterocycles. The van der Waals surface area contributed by atoms with Gasteiger partial charge in [0.05, 0.1) is 6.61 Å². The Hall–Kier alpha value is -1.63. The molecule has 2 saturated heterocycles. The minimum absolute atomic E-state index is 0.00803. The van der Waals surface area contributed by atoms with Crippen LogP contribution in [0.3, 0.4) is 0 Å². The van der Waals surface area contributed by atoms with Gasteiger partial charge in [-0.1, -0.05) is 25.1 Å². The van der Waals surface area contributed by atoms with Crippen LogP contribution >= 0.6 is 0 Å². The molecule has 0 spiro atoms. The Morgan fingerprint density at radius 2 is 1.96 bits per heavy atom. The number of morpholine rings is 1. The molecular formula is C19H30N4O2. The number of hydrogen-bond donors (Lipinski definition) is 1. The van der Waals surface area contributed by atoms with Crippen molar-refractivity contribution < 1.29 is 9.53 Å². The summed E-state index contributed by atoms with van der Waals surface area (Å²) in [7, 11) is 2.16. The number of rotatable bonds is 5. The van der Waals surface area contributed by atoms with Gasteiger partial charge in [-0.2, -0.15) is 0 Å². The zero-order valence-corrected chi connectivity index (χ0v) is 15.4. The topological polar surface area (TPSA) is 48.1 Å². The third-order valence-corrected chi connectivity index (χ3v) is 5.18. The van der Waals surface area contributed by atoms with Crippen LogP contribution in [-0.2, 0) is 16.1 Å². The fourth-order valence-electron chi connectivity index (χ4n) is 3.46. The van der Waals surface area contributed by atoms with E-state index in [1.54, 1.807) is 0 Å². The van der Waals surface area contributed by atoms with Crippen LogP contribution in [0.25, 0.3) is 0 Å². The second-order valence-corrected chi connectivity index (χ2v) is 6.89. The largest absolute Gasteiger partial charge is 0.369 e. The molecule has 1 aromatic carbocycles. The molecule has 25 heavy (non-hydrogen) atoms. The summed E-state index contributed by atoms with van der Waals surface area (Å²) in [6.07, 6.45) is -0.357. The molecule has 6 nitrogen and oxygen atoms in total. The van der Waals surface area contributed by atoms with Crippen molar-refractivity contribution in [2.24, 2.45) is 0 Å². The number of carbonyl (C=O) groups is 1. The first kappa shape index (κ1) is 18.2. The Morgan fingerprint density at radius 1 is 1.20 bits per heavy atom. The zero-order chi connectivity index (χ0) is 17.6. The highest BCUT2D eigenvalue weighted by Gasteiger charge is 2.26. The molecule has 2 aliphatic heterocycles. The van der Waals surface area contributed by atoms with E-state index < -0.39 is 0 Å². The minimum atomic E-state index is -0.357. The molecule has 138 valence electrons. The Morgan fingerprint density at radius 3 is 2.72 bits per heavy atom. The number of nitrogens with one attached hydrogen (secondary N) is 1. The molecule has 1 amide bonds. The first-order valence-electron chi connectivity index (χ1n) is 9.30. The summed E-state index contributed by atoms with van der Waals surface area (Å²) >= 11 is 0. The number of piperazine rings is 1. The maximum absolute atomic E-state index is 12.5. The highest BCUT2D eigenvalue weighted by Crippen LogP contribution is 2.21. The number of amides is 1. The Labute approximate surface area is 150 Å². The summed E-state index contributed by atoms with van der Waals surface area (Å²) in [4.78, 5) is 19.5. The molecule has 0 saturated carbocycles. The number of ether oxygens (including phenoxy) is 1. The molecule has 1 unspecified atom stereocenters. The SMILES string of the molecule is CCN1CCOC(C(=O)NCc2ccccc2N2CCN(C)CC2)C1. The van der Waals surface area contributed by atoms with Crippen LogP contribution in [0, 0.1) is 0 Å². The lowest BCUT2D eigenvalue weighted by Gasteiger charge is -2.35. The van der Waals surface area contributed by atoms with Crippen LogP contribution in [0.5, 0.6) is 0 Å². The third kappa shape index (κ3) is 4.71. The van der Waals surface area contributed by atoms with Gasteiger partial charge < -0.3 is 19.9 Å². The predicted octanol–water partition coefficient (Wildman–Crippen LogP) is 0.775. The number of carbonyl (C=O) groups excluding carboxylic acids is 1. The molecule has 1 N–H and O–H groups in total. The first-order valence-corrected chi connectivity index (χ1v) is 9.30. The summed E-state index contributed by atoms with van der Waals surface area (Å²) in [5, 5.41) is 3.07. The van der Waals surface area contributed by atoms with E-state index in [1.165, 1.54) is 11.3 Å². The van der Waals surface area contributed by atoms with Crippen LogP contribution in [0.4, 0.5) is 5.69 Å². The lowest BCUT2D eigenvalue weighted by molar-refractivity contribution is -0.138. The summed E-state index contributed by atoms with van der Waals surface area (Å²) in [5.74, 6) is -0.00803. The van der Waals surface area contributed by atoms with Crippen molar-refractivity contribution in [1.82, 2.24) is 15.1 Å². The second-order valence-electron chi connectivity index (χ2n) is 6.89. The second kappa shape index (κ2) is 8.65. The van der Waals surface area contributed by atoms with Crippen LogP contribution in [-0.4, -0.2) is 81.3 Å². The standard InChI is InChI=1S/C19H30N4O2/c1-3-22-12-13-25-18(15-22)19(24)20-14-16-6-4-5-7-17(16)23-10-8-21(2)9-11-23/h4-7,18H,3,8-15H2,1-2H3,(H,20,24). The average molecular weight is 346 g/mol. The van der Waals surface area contributed by atoms with Gasteiger partial charge in [-0.15, -0.1) is 0 Å². The molecule has 0 bridgehead atoms. The van der Waals surface area contributed by atoms with Crippen molar-refractivity contribution in [1.29, 1.82) is 0 Å². The van der Waals surface area contributed by atoms with Gasteiger partial charge in [-0.05, 0) is 25.2 Å². The predicted molar refractivity (Wildman–Crippen MR) is 99.9 cm³/mol. The normalized spacial score (nSPS) is 22.8. The highest BCUT2D eigenvalue weighted by molar-refractivity contribution is 5.81. The smallest absolute Gasteiger partial charge is 0.250 e. The van der Waals surface area contributed by atoms with E-state index in [4.69, 9.17) is 4.74 Å². The zero-order valence-electron chi connectivity index (χ0n) is 15.4. The highest BCUT2D eigenvalue weighted by atomic mass is 16.5. The van der Waals surface area contributed by atoms with Gasteiger partial charge in [0, 0.05) is 51.5 Å². The van der Waals surface area contributed by atoms with Gasteiger partial charge >= 0.3 is 0 Å². The summed E-state index contributed by atoms with van der Waals surface area (Å²) in [6, 6.07) is 8.37. The minimum Gasteiger partial charge on any atom is -0.369 e. The van der Waals surface area contributed by atoms with Gasteiger partial charge in [-0.25, -0.2) is 0 Å². The molecule has 2 aliphatic rings. The lowest BCUT2D eigenvalue weighted by Crippen LogP contribution is -2.49. The summed E-state index contributed by atoms with van der Waals surface area (Å²) in [6.45, 7) is 10.0. The first-order chi connectivity index (χ1) is 12.2. The van der Waals surface area contributed by atoms with Crippen molar-refractivity contribution in [3.8, 4) is 0 Å². The molecule has 0 radical (unpaired) electrons. The van der Waals surface area contributed by atoms with Crippen molar-refractivity contribution in [3.05, 3.63) is 29.8 Å². The quantitative estimate of drug-likeness (QED) is 0.854. The van der Waals surface area contributed by atoms with Gasteiger partial charge in [0.2, 0.25) is 0 Å². The molecular weight excluding hydrogens is 316 g/mol. The Kier molecular flexibility index (Phi) is 6.29. The van der Waals surface area contributed by atoms with E-state index >= 15 is 0 Å². The number of hydrogen-bond acceptors (Lipinski definition) is 5. The van der Waals surface area contributed by atoms with Crippen LogP contribution in [0.2, 0.25) is 0 Å². The van der Waals surface area contributed by atoms with Crippen LogP contribution < -0.4 is 10.2 Å². The Bertz CT molecular complexity index is 572. The van der Waals surface area contributed by atoms with Crippen molar-refractivity contribution in [2.45, 2.75) is 19.6 Å². The monoisotopic (exact) mass is 346 g/mol. The number of benzene rings is 1.